The zero-order valence-corrected chi connectivity index (χ0v) is 8.46. The molecule has 0 aliphatic carbocycles. The summed E-state index contributed by atoms with van der Waals surface area (Å²) in [5.74, 6) is 0.870. The maximum Gasteiger partial charge on any atom is 0.151 e. The molecular formula is C10H14O2S. The van der Waals surface area contributed by atoms with Crippen molar-refractivity contribution < 1.29 is 9.84 Å². The predicted molar refractivity (Wildman–Crippen MR) is 54.8 cm³/mol. The lowest BCUT2D eigenvalue weighted by Gasteiger charge is -2.05. The predicted octanol–water partition coefficient (Wildman–Crippen LogP) is 2.13. The number of aliphatic hydroxyl groups excluding tert-OH is 1. The number of benzene rings is 1. The van der Waals surface area contributed by atoms with Crippen LogP contribution in [0.4, 0.5) is 0 Å². The molecule has 0 amide bonds. The van der Waals surface area contributed by atoms with Gasteiger partial charge in [-0.15, -0.1) is 11.8 Å². The van der Waals surface area contributed by atoms with Gasteiger partial charge in [0.15, 0.2) is 6.29 Å². The molecule has 0 saturated carbocycles. The van der Waals surface area contributed by atoms with Crippen LogP contribution >= 0.6 is 11.8 Å². The standard InChI is InChI=1S/C10H14O2S/c1-9(11)12-7-8-13-10-5-3-2-4-6-10/h2-6,9,11H,7-8H2,1H3. The van der Waals surface area contributed by atoms with Gasteiger partial charge < -0.3 is 9.84 Å². The van der Waals surface area contributed by atoms with Crippen molar-refractivity contribution >= 4 is 11.8 Å². The summed E-state index contributed by atoms with van der Waals surface area (Å²) >= 11 is 1.73. The summed E-state index contributed by atoms with van der Waals surface area (Å²) in [6.45, 7) is 2.20. The first kappa shape index (κ1) is 10.6. The summed E-state index contributed by atoms with van der Waals surface area (Å²) in [5.41, 5.74) is 0. The maximum absolute atomic E-state index is 8.82. The Labute approximate surface area is 82.9 Å². The van der Waals surface area contributed by atoms with Gasteiger partial charge in [-0.3, -0.25) is 0 Å². The highest BCUT2D eigenvalue weighted by molar-refractivity contribution is 7.99. The molecule has 0 radical (unpaired) electrons. The van der Waals surface area contributed by atoms with Crippen LogP contribution in [0.2, 0.25) is 0 Å². The second kappa shape index (κ2) is 6.02. The number of thioether (sulfide) groups is 1. The van der Waals surface area contributed by atoms with E-state index in [2.05, 4.69) is 12.1 Å². The number of rotatable bonds is 5. The van der Waals surface area contributed by atoms with E-state index in [1.165, 1.54) is 4.90 Å². The summed E-state index contributed by atoms with van der Waals surface area (Å²) in [4.78, 5) is 1.23. The van der Waals surface area contributed by atoms with Gasteiger partial charge in [0.05, 0.1) is 6.61 Å². The fraction of sp³-hybridized carbons (Fsp3) is 0.400. The van der Waals surface area contributed by atoms with Gasteiger partial charge in [-0.2, -0.15) is 0 Å². The Bertz CT molecular complexity index is 224. The topological polar surface area (TPSA) is 29.5 Å². The molecule has 1 atom stereocenters. The van der Waals surface area contributed by atoms with E-state index in [-0.39, 0.29) is 0 Å². The van der Waals surface area contributed by atoms with Gasteiger partial charge in [-0.05, 0) is 19.1 Å². The quantitative estimate of drug-likeness (QED) is 0.446. The molecule has 1 rings (SSSR count). The first-order valence-electron chi connectivity index (χ1n) is 4.26. The van der Waals surface area contributed by atoms with Crippen molar-refractivity contribution in [3.8, 4) is 0 Å². The molecule has 0 bridgehead atoms. The van der Waals surface area contributed by atoms with Crippen molar-refractivity contribution in [1.82, 2.24) is 0 Å². The minimum Gasteiger partial charge on any atom is -0.368 e. The third-order valence-corrected chi connectivity index (χ3v) is 2.43. The zero-order chi connectivity index (χ0) is 9.52. The Balaban J connectivity index is 2.13. The lowest BCUT2D eigenvalue weighted by Crippen LogP contribution is -2.08. The van der Waals surface area contributed by atoms with Crippen molar-refractivity contribution in [2.24, 2.45) is 0 Å². The Morgan fingerprint density at radius 3 is 2.69 bits per heavy atom. The van der Waals surface area contributed by atoms with Gasteiger partial charge in [-0.1, -0.05) is 18.2 Å². The summed E-state index contributed by atoms with van der Waals surface area (Å²) < 4.78 is 5.00. The van der Waals surface area contributed by atoms with Crippen LogP contribution in [0.1, 0.15) is 6.92 Å². The van der Waals surface area contributed by atoms with Crippen molar-refractivity contribution in [2.45, 2.75) is 18.1 Å². The van der Waals surface area contributed by atoms with E-state index in [9.17, 15) is 0 Å². The molecule has 0 spiro atoms. The molecule has 0 fully saturated rings. The Morgan fingerprint density at radius 1 is 1.38 bits per heavy atom. The monoisotopic (exact) mass is 198 g/mol. The molecule has 0 heterocycles. The molecular weight excluding hydrogens is 184 g/mol. The summed E-state index contributed by atoms with van der Waals surface area (Å²) in [7, 11) is 0. The smallest absolute Gasteiger partial charge is 0.151 e. The second-order valence-electron chi connectivity index (χ2n) is 2.63. The third-order valence-electron chi connectivity index (χ3n) is 1.45. The average molecular weight is 198 g/mol. The molecule has 3 heteroatoms. The fourth-order valence-corrected chi connectivity index (χ4v) is 1.66. The first-order valence-corrected chi connectivity index (χ1v) is 5.25. The van der Waals surface area contributed by atoms with Crippen molar-refractivity contribution in [2.75, 3.05) is 12.4 Å². The van der Waals surface area contributed by atoms with E-state index in [4.69, 9.17) is 9.84 Å². The van der Waals surface area contributed by atoms with E-state index in [0.717, 1.165) is 5.75 Å². The van der Waals surface area contributed by atoms with Gasteiger partial charge in [0.1, 0.15) is 0 Å². The minimum absolute atomic E-state index is 0.581. The van der Waals surface area contributed by atoms with Crippen LogP contribution in [-0.4, -0.2) is 23.8 Å². The average Bonchev–Trinajstić information content (AvgIpc) is 2.14. The highest BCUT2D eigenvalue weighted by Crippen LogP contribution is 2.16. The molecule has 0 aliphatic heterocycles. The second-order valence-corrected chi connectivity index (χ2v) is 3.80. The molecule has 2 nitrogen and oxygen atoms in total. The van der Waals surface area contributed by atoms with Crippen LogP contribution in [-0.2, 0) is 4.74 Å². The van der Waals surface area contributed by atoms with E-state index < -0.39 is 6.29 Å². The van der Waals surface area contributed by atoms with Crippen molar-refractivity contribution in [3.05, 3.63) is 30.3 Å². The molecule has 1 unspecified atom stereocenters. The van der Waals surface area contributed by atoms with Crippen LogP contribution in [0.3, 0.4) is 0 Å². The summed E-state index contributed by atoms with van der Waals surface area (Å²) in [6, 6.07) is 10.1. The van der Waals surface area contributed by atoms with E-state index in [1.807, 2.05) is 18.2 Å². The number of aliphatic hydroxyl groups is 1. The lowest BCUT2D eigenvalue weighted by atomic mass is 10.4. The van der Waals surface area contributed by atoms with Gasteiger partial charge in [-0.25, -0.2) is 0 Å². The van der Waals surface area contributed by atoms with Crippen LogP contribution in [0.25, 0.3) is 0 Å². The van der Waals surface area contributed by atoms with Crippen LogP contribution in [0.5, 0.6) is 0 Å². The molecule has 1 aromatic rings. The molecule has 1 N–H and O–H groups in total. The van der Waals surface area contributed by atoms with Crippen LogP contribution < -0.4 is 0 Å². The zero-order valence-electron chi connectivity index (χ0n) is 7.64. The Kier molecular flexibility index (Phi) is 4.90. The molecule has 13 heavy (non-hydrogen) atoms. The molecule has 0 aliphatic rings. The molecule has 1 aromatic carbocycles. The Morgan fingerprint density at radius 2 is 2.08 bits per heavy atom. The summed E-state index contributed by atoms with van der Waals surface area (Å²) in [6.07, 6.45) is -0.656. The highest BCUT2D eigenvalue weighted by Gasteiger charge is 1.95. The van der Waals surface area contributed by atoms with E-state index >= 15 is 0 Å². The normalized spacial score (nSPS) is 12.8. The van der Waals surface area contributed by atoms with E-state index in [1.54, 1.807) is 18.7 Å². The number of hydrogen-bond donors (Lipinski definition) is 1. The SMILES string of the molecule is CC(O)OCCSc1ccccc1. The van der Waals surface area contributed by atoms with E-state index in [0.29, 0.717) is 6.61 Å². The van der Waals surface area contributed by atoms with Crippen molar-refractivity contribution in [1.29, 1.82) is 0 Å². The third kappa shape index (κ3) is 4.93. The maximum atomic E-state index is 8.82. The van der Waals surface area contributed by atoms with Crippen LogP contribution in [0, 0.1) is 0 Å². The molecule has 72 valence electrons. The first-order chi connectivity index (χ1) is 6.29. The number of ether oxygens (including phenoxy) is 1. The summed E-state index contributed by atoms with van der Waals surface area (Å²) in [5, 5.41) is 8.82. The largest absolute Gasteiger partial charge is 0.368 e. The minimum atomic E-state index is -0.656. The number of hydrogen-bond acceptors (Lipinski definition) is 3. The highest BCUT2D eigenvalue weighted by atomic mass is 32.2. The van der Waals surface area contributed by atoms with Gasteiger partial charge in [0.2, 0.25) is 0 Å². The Hall–Kier alpha value is -0.510. The van der Waals surface area contributed by atoms with Gasteiger partial charge in [0, 0.05) is 10.6 Å². The van der Waals surface area contributed by atoms with Crippen molar-refractivity contribution in [3.63, 3.8) is 0 Å². The molecule has 0 saturated heterocycles. The molecule has 0 aromatic heterocycles. The van der Waals surface area contributed by atoms with Gasteiger partial charge >= 0.3 is 0 Å². The van der Waals surface area contributed by atoms with Crippen LogP contribution in [0.15, 0.2) is 35.2 Å². The van der Waals surface area contributed by atoms with Gasteiger partial charge in [0.25, 0.3) is 0 Å². The lowest BCUT2D eigenvalue weighted by molar-refractivity contribution is -0.0790. The fourth-order valence-electron chi connectivity index (χ4n) is 0.895.